The van der Waals surface area contributed by atoms with Crippen molar-refractivity contribution in [3.05, 3.63) is 80.8 Å². The SMILES string of the molecule is CCOC(=O)c1nn(-c2ccccc2F)c(=O)c2c(NC(=O)C(C)(C)Oc3ccc(Cl)cc3)scc12. The van der Waals surface area contributed by atoms with Gasteiger partial charge >= 0.3 is 5.97 Å². The molecular formula is C25H21ClFN3O5S. The van der Waals surface area contributed by atoms with Crippen LogP contribution in [0, 0.1) is 5.82 Å². The van der Waals surface area contributed by atoms with Crippen molar-refractivity contribution in [3.8, 4) is 11.4 Å². The molecule has 0 aliphatic heterocycles. The topological polar surface area (TPSA) is 99.5 Å². The number of halogens is 2. The van der Waals surface area contributed by atoms with Crippen LogP contribution in [0.25, 0.3) is 16.5 Å². The lowest BCUT2D eigenvalue weighted by atomic mass is 10.1. The van der Waals surface area contributed by atoms with Crippen molar-refractivity contribution < 1.29 is 23.5 Å². The van der Waals surface area contributed by atoms with Gasteiger partial charge in [0.25, 0.3) is 11.5 Å². The molecule has 0 radical (unpaired) electrons. The predicted molar refractivity (Wildman–Crippen MR) is 136 cm³/mol. The zero-order valence-corrected chi connectivity index (χ0v) is 21.1. The van der Waals surface area contributed by atoms with Crippen LogP contribution in [0.3, 0.4) is 0 Å². The highest BCUT2D eigenvalue weighted by Gasteiger charge is 2.32. The molecule has 2 aromatic heterocycles. The minimum Gasteiger partial charge on any atom is -0.478 e. The van der Waals surface area contributed by atoms with Crippen LogP contribution in [0.2, 0.25) is 5.02 Å². The number of carbonyl (C=O) groups excluding carboxylic acids is 2. The maximum absolute atomic E-state index is 14.6. The third kappa shape index (κ3) is 4.95. The number of nitrogens with zero attached hydrogens (tertiary/aromatic N) is 2. The minimum absolute atomic E-state index is 0.00282. The molecule has 4 rings (SSSR count). The Morgan fingerprint density at radius 3 is 2.53 bits per heavy atom. The summed E-state index contributed by atoms with van der Waals surface area (Å²) >= 11 is 6.93. The second-order valence-corrected chi connectivity index (χ2v) is 9.43. The Labute approximate surface area is 214 Å². The highest BCUT2D eigenvalue weighted by molar-refractivity contribution is 7.16. The quantitative estimate of drug-likeness (QED) is 0.330. The summed E-state index contributed by atoms with van der Waals surface area (Å²) in [5.74, 6) is -1.62. The molecule has 1 amide bonds. The third-order valence-electron chi connectivity index (χ3n) is 5.16. The Hall–Kier alpha value is -3.76. The van der Waals surface area contributed by atoms with E-state index in [1.807, 2.05) is 0 Å². The van der Waals surface area contributed by atoms with E-state index in [-0.39, 0.29) is 33.8 Å². The van der Waals surface area contributed by atoms with Crippen molar-refractivity contribution >= 4 is 50.6 Å². The van der Waals surface area contributed by atoms with Crippen LogP contribution >= 0.6 is 22.9 Å². The number of aromatic nitrogens is 2. The first-order valence-corrected chi connectivity index (χ1v) is 12.1. The van der Waals surface area contributed by atoms with Crippen molar-refractivity contribution in [2.24, 2.45) is 0 Å². The monoisotopic (exact) mass is 529 g/mol. The Morgan fingerprint density at radius 1 is 1.17 bits per heavy atom. The van der Waals surface area contributed by atoms with E-state index in [4.69, 9.17) is 21.1 Å². The number of para-hydroxylation sites is 1. The number of esters is 1. The van der Waals surface area contributed by atoms with Crippen LogP contribution in [0.4, 0.5) is 9.39 Å². The summed E-state index contributed by atoms with van der Waals surface area (Å²) in [7, 11) is 0. The van der Waals surface area contributed by atoms with Crippen LogP contribution in [-0.4, -0.2) is 33.9 Å². The molecular weight excluding hydrogens is 509 g/mol. The number of thiophene rings is 1. The second kappa shape index (κ2) is 10.1. The Balaban J connectivity index is 1.78. The van der Waals surface area contributed by atoms with E-state index in [1.165, 1.54) is 29.6 Å². The van der Waals surface area contributed by atoms with Gasteiger partial charge in [0.1, 0.15) is 22.3 Å². The normalized spacial score (nSPS) is 11.4. The number of benzene rings is 2. The zero-order chi connectivity index (χ0) is 26.0. The van der Waals surface area contributed by atoms with Gasteiger partial charge in [-0.25, -0.2) is 9.18 Å². The first-order chi connectivity index (χ1) is 17.1. The maximum Gasteiger partial charge on any atom is 0.359 e. The van der Waals surface area contributed by atoms with Crippen LogP contribution in [0.5, 0.6) is 5.75 Å². The average Bonchev–Trinajstić information content (AvgIpc) is 3.25. The van der Waals surface area contributed by atoms with Gasteiger partial charge in [-0.2, -0.15) is 9.78 Å². The van der Waals surface area contributed by atoms with Crippen molar-refractivity contribution in [2.45, 2.75) is 26.4 Å². The molecule has 0 atom stereocenters. The van der Waals surface area contributed by atoms with Crippen LogP contribution < -0.4 is 15.6 Å². The molecule has 0 spiro atoms. The third-order valence-corrected chi connectivity index (χ3v) is 6.31. The van der Waals surface area contributed by atoms with Crippen LogP contribution in [0.15, 0.2) is 58.7 Å². The lowest BCUT2D eigenvalue weighted by Gasteiger charge is -2.25. The summed E-state index contributed by atoms with van der Waals surface area (Å²) in [5, 5.41) is 9.19. The number of rotatable bonds is 7. The fourth-order valence-corrected chi connectivity index (χ4v) is 4.43. The van der Waals surface area contributed by atoms with Crippen LogP contribution in [0.1, 0.15) is 31.3 Å². The summed E-state index contributed by atoms with van der Waals surface area (Å²) in [6.07, 6.45) is 0. The van der Waals surface area contributed by atoms with Crippen molar-refractivity contribution in [2.75, 3.05) is 11.9 Å². The van der Waals surface area contributed by atoms with E-state index in [2.05, 4.69) is 10.4 Å². The highest BCUT2D eigenvalue weighted by atomic mass is 35.5. The van der Waals surface area contributed by atoms with E-state index in [9.17, 15) is 18.8 Å². The first-order valence-electron chi connectivity index (χ1n) is 10.8. The molecule has 0 bridgehead atoms. The van der Waals surface area contributed by atoms with Gasteiger partial charge in [0.15, 0.2) is 11.3 Å². The summed E-state index contributed by atoms with van der Waals surface area (Å²) in [4.78, 5) is 39.3. The van der Waals surface area contributed by atoms with Gasteiger partial charge in [-0.3, -0.25) is 9.59 Å². The number of nitrogens with one attached hydrogen (secondary N) is 1. The fourth-order valence-electron chi connectivity index (χ4n) is 3.38. The number of hydrogen-bond donors (Lipinski definition) is 1. The van der Waals surface area contributed by atoms with Crippen molar-refractivity contribution in [3.63, 3.8) is 0 Å². The molecule has 0 aliphatic carbocycles. The highest BCUT2D eigenvalue weighted by Crippen LogP contribution is 2.32. The standard InChI is InChI=1S/C25H21ClFN3O5S/c1-4-34-23(32)20-16-13-36-21(19(16)22(31)30(29-20)18-8-6-5-7-17(18)27)28-24(33)25(2,3)35-15-11-9-14(26)10-12-15/h5-13H,4H2,1-3H3,(H,28,33). The molecule has 2 aromatic carbocycles. The molecule has 8 nitrogen and oxygen atoms in total. The van der Waals surface area contributed by atoms with E-state index in [1.54, 1.807) is 45.0 Å². The Kier molecular flexibility index (Phi) is 7.09. The molecule has 0 saturated heterocycles. The van der Waals surface area contributed by atoms with E-state index in [0.29, 0.717) is 10.8 Å². The number of carbonyl (C=O) groups is 2. The smallest absolute Gasteiger partial charge is 0.359 e. The second-order valence-electron chi connectivity index (χ2n) is 8.11. The van der Waals surface area contributed by atoms with Gasteiger partial charge in [0.2, 0.25) is 0 Å². The molecule has 0 saturated carbocycles. The van der Waals surface area contributed by atoms with E-state index in [0.717, 1.165) is 16.0 Å². The molecule has 1 N–H and O–H groups in total. The van der Waals surface area contributed by atoms with Gasteiger partial charge in [-0.15, -0.1) is 11.3 Å². The molecule has 2 heterocycles. The summed E-state index contributed by atoms with van der Waals surface area (Å²) in [6, 6.07) is 12.0. The predicted octanol–water partition coefficient (Wildman–Crippen LogP) is 5.21. The number of fused-ring (bicyclic) bond motifs is 1. The largest absolute Gasteiger partial charge is 0.478 e. The van der Waals surface area contributed by atoms with Crippen molar-refractivity contribution in [1.29, 1.82) is 0 Å². The van der Waals surface area contributed by atoms with Gasteiger partial charge in [-0.05, 0) is 57.2 Å². The Morgan fingerprint density at radius 2 is 1.86 bits per heavy atom. The van der Waals surface area contributed by atoms with E-state index < -0.39 is 28.9 Å². The average molecular weight is 530 g/mol. The lowest BCUT2D eigenvalue weighted by Crippen LogP contribution is -2.42. The molecule has 4 aromatic rings. The lowest BCUT2D eigenvalue weighted by molar-refractivity contribution is -0.128. The summed E-state index contributed by atoms with van der Waals surface area (Å²) in [6.45, 7) is 4.83. The van der Waals surface area contributed by atoms with Crippen LogP contribution in [-0.2, 0) is 9.53 Å². The van der Waals surface area contributed by atoms with Gasteiger partial charge in [-0.1, -0.05) is 23.7 Å². The van der Waals surface area contributed by atoms with Gasteiger partial charge < -0.3 is 14.8 Å². The van der Waals surface area contributed by atoms with Gasteiger partial charge in [0, 0.05) is 15.8 Å². The number of hydrogen-bond acceptors (Lipinski definition) is 7. The molecule has 11 heteroatoms. The maximum atomic E-state index is 14.6. The summed E-state index contributed by atoms with van der Waals surface area (Å²) < 4.78 is 26.3. The fraction of sp³-hybridized carbons (Fsp3) is 0.200. The minimum atomic E-state index is -1.34. The first kappa shape index (κ1) is 25.3. The Bertz CT molecular complexity index is 1510. The molecule has 0 fully saturated rings. The molecule has 186 valence electrons. The zero-order valence-electron chi connectivity index (χ0n) is 19.5. The van der Waals surface area contributed by atoms with Gasteiger partial charge in [0.05, 0.1) is 12.0 Å². The van der Waals surface area contributed by atoms with E-state index >= 15 is 0 Å². The molecule has 0 unspecified atom stereocenters. The van der Waals surface area contributed by atoms with Crippen molar-refractivity contribution in [1.82, 2.24) is 9.78 Å². The molecule has 0 aliphatic rings. The number of amides is 1. The number of ether oxygens (including phenoxy) is 2. The molecule has 36 heavy (non-hydrogen) atoms. The summed E-state index contributed by atoms with van der Waals surface area (Å²) in [5.41, 5.74) is -2.38. The number of anilines is 1.